The van der Waals surface area contributed by atoms with Crippen LogP contribution in [0.1, 0.15) is 27.4 Å². The number of nitrogens with zero attached hydrogens (tertiary/aromatic N) is 5. The normalized spacial score (nSPS) is 10.9. The fraction of sp³-hybridized carbons (Fsp3) is 0.217. The van der Waals surface area contributed by atoms with Crippen molar-refractivity contribution in [2.45, 2.75) is 20.3 Å². The predicted molar refractivity (Wildman–Crippen MR) is 116 cm³/mol. The van der Waals surface area contributed by atoms with E-state index in [0.29, 0.717) is 18.7 Å². The van der Waals surface area contributed by atoms with E-state index >= 15 is 0 Å². The molecule has 0 saturated heterocycles. The van der Waals surface area contributed by atoms with Gasteiger partial charge in [0, 0.05) is 31.0 Å². The quantitative estimate of drug-likeness (QED) is 0.539. The van der Waals surface area contributed by atoms with Gasteiger partial charge >= 0.3 is 0 Å². The van der Waals surface area contributed by atoms with Gasteiger partial charge in [-0.25, -0.2) is 9.67 Å². The number of aromatic nitrogens is 5. The van der Waals surface area contributed by atoms with Crippen LogP contribution in [0.5, 0.6) is 0 Å². The van der Waals surface area contributed by atoms with Crippen LogP contribution in [0.2, 0.25) is 0 Å². The highest BCUT2D eigenvalue weighted by Crippen LogP contribution is 2.19. The topological polar surface area (TPSA) is 77.6 Å². The molecule has 0 aliphatic carbocycles. The molecule has 1 aromatic carbocycles. The van der Waals surface area contributed by atoms with Gasteiger partial charge < -0.3 is 5.32 Å². The van der Waals surface area contributed by atoms with Gasteiger partial charge in [0.1, 0.15) is 5.69 Å². The van der Waals surface area contributed by atoms with Crippen molar-refractivity contribution in [3.63, 3.8) is 0 Å². The minimum absolute atomic E-state index is 0.139. The van der Waals surface area contributed by atoms with Crippen LogP contribution in [-0.4, -0.2) is 37.0 Å². The van der Waals surface area contributed by atoms with Crippen molar-refractivity contribution in [2.75, 3.05) is 6.54 Å². The maximum Gasteiger partial charge on any atom is 0.269 e. The second-order valence-electron chi connectivity index (χ2n) is 7.16. The SMILES string of the molecule is Cc1nn(-c2ccccn2)c(C)c1CCNC(=O)c1cc(-c2ccccc2)nn1C. The van der Waals surface area contributed by atoms with Crippen molar-refractivity contribution < 1.29 is 4.79 Å². The fourth-order valence-electron chi connectivity index (χ4n) is 3.56. The van der Waals surface area contributed by atoms with Crippen LogP contribution < -0.4 is 5.32 Å². The van der Waals surface area contributed by atoms with Crippen molar-refractivity contribution in [3.8, 4) is 17.1 Å². The average Bonchev–Trinajstić information content (AvgIpc) is 3.29. The van der Waals surface area contributed by atoms with Crippen LogP contribution in [-0.2, 0) is 13.5 Å². The lowest BCUT2D eigenvalue weighted by Crippen LogP contribution is -2.27. The Bertz CT molecular complexity index is 1160. The number of nitrogens with one attached hydrogen (secondary N) is 1. The van der Waals surface area contributed by atoms with Crippen molar-refractivity contribution in [1.29, 1.82) is 0 Å². The molecule has 30 heavy (non-hydrogen) atoms. The molecule has 7 nitrogen and oxygen atoms in total. The maximum absolute atomic E-state index is 12.7. The molecule has 0 unspecified atom stereocenters. The molecule has 0 atom stereocenters. The van der Waals surface area contributed by atoms with E-state index in [9.17, 15) is 4.79 Å². The number of hydrogen-bond donors (Lipinski definition) is 1. The first-order valence-corrected chi connectivity index (χ1v) is 9.88. The standard InChI is InChI=1S/C23H24N6O/c1-16-19(17(2)29(26-16)22-11-7-8-13-24-22)12-14-25-23(30)21-15-20(27-28(21)3)18-9-5-4-6-10-18/h4-11,13,15H,12,14H2,1-3H3,(H,25,30). The zero-order valence-corrected chi connectivity index (χ0v) is 17.3. The zero-order chi connectivity index (χ0) is 21.1. The molecule has 4 rings (SSSR count). The fourth-order valence-corrected chi connectivity index (χ4v) is 3.56. The van der Waals surface area contributed by atoms with E-state index < -0.39 is 0 Å². The van der Waals surface area contributed by atoms with E-state index in [1.54, 1.807) is 17.9 Å². The first-order valence-electron chi connectivity index (χ1n) is 9.88. The second-order valence-corrected chi connectivity index (χ2v) is 7.16. The molecular weight excluding hydrogens is 376 g/mol. The van der Waals surface area contributed by atoms with Gasteiger partial charge in [0.25, 0.3) is 5.91 Å². The van der Waals surface area contributed by atoms with Gasteiger partial charge in [-0.3, -0.25) is 9.48 Å². The summed E-state index contributed by atoms with van der Waals surface area (Å²) in [5.74, 6) is 0.649. The second kappa shape index (κ2) is 8.32. The highest BCUT2D eigenvalue weighted by Gasteiger charge is 2.16. The summed E-state index contributed by atoms with van der Waals surface area (Å²) in [5, 5.41) is 12.1. The molecule has 0 fully saturated rings. The monoisotopic (exact) mass is 400 g/mol. The van der Waals surface area contributed by atoms with E-state index in [0.717, 1.165) is 34.0 Å². The van der Waals surface area contributed by atoms with Crippen molar-refractivity contribution in [1.82, 2.24) is 29.9 Å². The summed E-state index contributed by atoms with van der Waals surface area (Å²) in [7, 11) is 1.78. The van der Waals surface area contributed by atoms with Crippen LogP contribution in [0.4, 0.5) is 0 Å². The van der Waals surface area contributed by atoms with Crippen LogP contribution in [0.25, 0.3) is 17.1 Å². The van der Waals surface area contributed by atoms with Gasteiger partial charge in [-0.2, -0.15) is 10.2 Å². The minimum Gasteiger partial charge on any atom is -0.350 e. The largest absolute Gasteiger partial charge is 0.350 e. The lowest BCUT2D eigenvalue weighted by molar-refractivity contribution is 0.0944. The molecule has 0 radical (unpaired) electrons. The van der Waals surface area contributed by atoms with E-state index in [2.05, 4.69) is 20.5 Å². The number of aryl methyl sites for hydroxylation is 2. The first kappa shape index (κ1) is 19.6. The molecule has 1 N–H and O–H groups in total. The van der Waals surface area contributed by atoms with E-state index in [4.69, 9.17) is 0 Å². The average molecular weight is 400 g/mol. The summed E-state index contributed by atoms with van der Waals surface area (Å²) in [4.78, 5) is 17.1. The van der Waals surface area contributed by atoms with Crippen molar-refractivity contribution in [2.24, 2.45) is 7.05 Å². The van der Waals surface area contributed by atoms with Crippen LogP contribution in [0.3, 0.4) is 0 Å². The molecule has 3 aromatic heterocycles. The van der Waals surface area contributed by atoms with Crippen LogP contribution in [0, 0.1) is 13.8 Å². The zero-order valence-electron chi connectivity index (χ0n) is 17.3. The molecular formula is C23H24N6O. The summed E-state index contributed by atoms with van der Waals surface area (Å²) in [6.07, 6.45) is 2.45. The minimum atomic E-state index is -0.139. The Hall–Kier alpha value is -3.74. The molecule has 0 aliphatic rings. The summed E-state index contributed by atoms with van der Waals surface area (Å²) in [5.41, 5.74) is 5.40. The van der Waals surface area contributed by atoms with Gasteiger partial charge in [-0.05, 0) is 44.0 Å². The molecule has 0 spiro atoms. The Kier molecular flexibility index (Phi) is 5.43. The van der Waals surface area contributed by atoms with Gasteiger partial charge in [-0.15, -0.1) is 0 Å². The molecule has 0 saturated carbocycles. The highest BCUT2D eigenvalue weighted by atomic mass is 16.2. The van der Waals surface area contributed by atoms with Crippen LogP contribution in [0.15, 0.2) is 60.8 Å². The highest BCUT2D eigenvalue weighted by molar-refractivity contribution is 5.93. The molecule has 152 valence electrons. The number of rotatable bonds is 6. The Morgan fingerprint density at radius 1 is 1.03 bits per heavy atom. The summed E-state index contributed by atoms with van der Waals surface area (Å²) in [6.45, 7) is 4.52. The number of hydrogen-bond acceptors (Lipinski definition) is 4. The Labute approximate surface area is 175 Å². The van der Waals surface area contributed by atoms with Gasteiger partial charge in [0.15, 0.2) is 5.82 Å². The Morgan fingerprint density at radius 3 is 2.53 bits per heavy atom. The third kappa shape index (κ3) is 3.87. The molecule has 4 aromatic rings. The molecule has 1 amide bonds. The van der Waals surface area contributed by atoms with Crippen molar-refractivity contribution >= 4 is 5.91 Å². The third-order valence-electron chi connectivity index (χ3n) is 5.15. The summed E-state index contributed by atoms with van der Waals surface area (Å²) in [6, 6.07) is 17.4. The van der Waals surface area contributed by atoms with E-state index in [1.807, 2.05) is 73.1 Å². The molecule has 0 aliphatic heterocycles. The molecule has 0 bridgehead atoms. The smallest absolute Gasteiger partial charge is 0.269 e. The lowest BCUT2D eigenvalue weighted by Gasteiger charge is -2.06. The Morgan fingerprint density at radius 2 is 1.80 bits per heavy atom. The van der Waals surface area contributed by atoms with E-state index in [1.165, 1.54) is 0 Å². The summed E-state index contributed by atoms with van der Waals surface area (Å²) < 4.78 is 3.47. The third-order valence-corrected chi connectivity index (χ3v) is 5.15. The van der Waals surface area contributed by atoms with Gasteiger partial charge in [0.05, 0.1) is 11.4 Å². The summed E-state index contributed by atoms with van der Waals surface area (Å²) >= 11 is 0. The van der Waals surface area contributed by atoms with Gasteiger partial charge in [0.2, 0.25) is 0 Å². The van der Waals surface area contributed by atoms with Crippen molar-refractivity contribution in [3.05, 3.63) is 83.4 Å². The molecule has 7 heteroatoms. The van der Waals surface area contributed by atoms with E-state index in [-0.39, 0.29) is 5.91 Å². The first-order chi connectivity index (χ1) is 14.5. The lowest BCUT2D eigenvalue weighted by atomic mass is 10.1. The number of amides is 1. The number of benzene rings is 1. The molecule has 3 heterocycles. The number of carbonyl (C=O) groups excluding carboxylic acids is 1. The maximum atomic E-state index is 12.7. The number of pyridine rings is 1. The van der Waals surface area contributed by atoms with Gasteiger partial charge in [-0.1, -0.05) is 36.4 Å². The Balaban J connectivity index is 1.44. The van der Waals surface area contributed by atoms with Crippen LogP contribution >= 0.6 is 0 Å². The number of carbonyl (C=O) groups is 1. The predicted octanol–water partition coefficient (Wildman–Crippen LogP) is 3.26.